The van der Waals surface area contributed by atoms with E-state index in [9.17, 15) is 4.79 Å². The van der Waals surface area contributed by atoms with Crippen LogP contribution in [0.4, 0.5) is 5.69 Å². The molecule has 0 aromatic heterocycles. The van der Waals surface area contributed by atoms with Gasteiger partial charge in [0.05, 0.1) is 5.69 Å². The number of nitrogens with zero attached hydrogens (tertiary/aromatic N) is 3. The summed E-state index contributed by atoms with van der Waals surface area (Å²) < 4.78 is 0. The highest BCUT2D eigenvalue weighted by molar-refractivity contribution is 7.82. The third-order valence-corrected chi connectivity index (χ3v) is 2.43. The van der Waals surface area contributed by atoms with Gasteiger partial charge < -0.3 is 5.11 Å². The van der Waals surface area contributed by atoms with E-state index in [4.69, 9.17) is 5.11 Å². The zero-order valence-electron chi connectivity index (χ0n) is 7.53. The zero-order chi connectivity index (χ0) is 10.9. The number of rotatable bonds is 2. The highest BCUT2D eigenvalue weighted by Gasteiger charge is 2.46. The fourth-order valence-corrected chi connectivity index (χ4v) is 1.41. The third kappa shape index (κ3) is 1.50. The molecule has 0 fully saturated rings. The standard InChI is InChI=1S/C8H8N4O2S/c13-7(14)8(15)9-10-11-12(8)6-4-2-1-3-5-6/h1-5,15H,(H,9,11)(H,13,14). The topological polar surface area (TPSA) is 77.3 Å². The number of carbonyl (C=O) groups is 1. The Balaban J connectivity index is 2.36. The van der Waals surface area contributed by atoms with Crippen molar-refractivity contribution in [3.8, 4) is 0 Å². The van der Waals surface area contributed by atoms with Crippen molar-refractivity contribution < 1.29 is 9.90 Å². The van der Waals surface area contributed by atoms with Crippen LogP contribution in [-0.4, -0.2) is 16.1 Å². The molecule has 0 saturated heterocycles. The number of thiol groups is 1. The summed E-state index contributed by atoms with van der Waals surface area (Å²) in [5, 5.41) is 17.2. The van der Waals surface area contributed by atoms with Crippen LogP contribution in [0.25, 0.3) is 0 Å². The van der Waals surface area contributed by atoms with E-state index in [1.807, 2.05) is 6.07 Å². The molecule has 0 spiro atoms. The van der Waals surface area contributed by atoms with E-state index in [0.29, 0.717) is 5.69 Å². The molecule has 1 aromatic rings. The van der Waals surface area contributed by atoms with Gasteiger partial charge in [0.25, 0.3) is 0 Å². The van der Waals surface area contributed by atoms with Crippen molar-refractivity contribution in [1.82, 2.24) is 5.53 Å². The van der Waals surface area contributed by atoms with E-state index in [2.05, 4.69) is 28.5 Å². The molecule has 1 atom stereocenters. The lowest BCUT2D eigenvalue weighted by atomic mass is 10.3. The van der Waals surface area contributed by atoms with Crippen LogP contribution in [0.5, 0.6) is 0 Å². The number of hydrogen-bond acceptors (Lipinski definition) is 6. The Morgan fingerprint density at radius 1 is 1.47 bits per heavy atom. The zero-order valence-corrected chi connectivity index (χ0v) is 8.43. The lowest BCUT2D eigenvalue weighted by Gasteiger charge is -2.26. The number of carboxylic acid groups (broad SMARTS) is 1. The molecule has 0 radical (unpaired) electrons. The largest absolute Gasteiger partial charge is 0.477 e. The van der Waals surface area contributed by atoms with Gasteiger partial charge in [-0.2, -0.15) is 5.53 Å². The van der Waals surface area contributed by atoms with Crippen LogP contribution in [-0.2, 0) is 4.79 Å². The molecule has 7 heteroatoms. The first-order valence-electron chi connectivity index (χ1n) is 4.13. The van der Waals surface area contributed by atoms with Crippen LogP contribution < -0.4 is 10.5 Å². The van der Waals surface area contributed by atoms with Gasteiger partial charge in [-0.25, -0.2) is 9.80 Å². The van der Waals surface area contributed by atoms with Gasteiger partial charge in [-0.1, -0.05) is 23.4 Å². The number of para-hydroxylation sites is 1. The summed E-state index contributed by atoms with van der Waals surface area (Å²) in [6, 6.07) is 8.86. The molecular weight excluding hydrogens is 216 g/mol. The minimum Gasteiger partial charge on any atom is -0.477 e. The summed E-state index contributed by atoms with van der Waals surface area (Å²) in [4.78, 5) is 9.30. The molecule has 6 nitrogen and oxygen atoms in total. The quantitative estimate of drug-likeness (QED) is 0.656. The first-order valence-corrected chi connectivity index (χ1v) is 4.58. The predicted octanol–water partition coefficient (Wildman–Crippen LogP) is 1.05. The Labute approximate surface area is 91.0 Å². The number of hydrogen-bond donors (Lipinski definition) is 3. The van der Waals surface area contributed by atoms with Gasteiger partial charge in [0.15, 0.2) is 0 Å². The smallest absolute Gasteiger partial charge is 0.367 e. The van der Waals surface area contributed by atoms with Crippen molar-refractivity contribution in [2.24, 2.45) is 10.3 Å². The summed E-state index contributed by atoms with van der Waals surface area (Å²) in [7, 11) is 0. The molecule has 1 heterocycles. The molecule has 1 unspecified atom stereocenters. The van der Waals surface area contributed by atoms with Crippen molar-refractivity contribution in [2.45, 2.75) is 4.99 Å². The number of hydrazine groups is 1. The summed E-state index contributed by atoms with van der Waals surface area (Å²) in [6.07, 6.45) is 0. The maximum absolute atomic E-state index is 11.0. The Morgan fingerprint density at radius 3 is 2.73 bits per heavy atom. The van der Waals surface area contributed by atoms with Gasteiger partial charge in [0.1, 0.15) is 0 Å². The second-order valence-corrected chi connectivity index (χ2v) is 3.54. The fourth-order valence-electron chi connectivity index (χ4n) is 1.20. The van der Waals surface area contributed by atoms with E-state index in [0.717, 1.165) is 0 Å². The van der Waals surface area contributed by atoms with Crippen LogP contribution in [0.1, 0.15) is 0 Å². The second-order valence-electron chi connectivity index (χ2n) is 2.91. The molecule has 0 saturated carbocycles. The predicted molar refractivity (Wildman–Crippen MR) is 56.3 cm³/mol. The Bertz CT molecular complexity index is 410. The molecule has 1 aromatic carbocycles. The minimum absolute atomic E-state index is 0.625. The van der Waals surface area contributed by atoms with Gasteiger partial charge >= 0.3 is 11.0 Å². The van der Waals surface area contributed by atoms with Crippen LogP contribution in [0.15, 0.2) is 40.7 Å². The molecule has 1 aliphatic heterocycles. The van der Waals surface area contributed by atoms with Crippen LogP contribution in [0, 0.1) is 0 Å². The van der Waals surface area contributed by atoms with Gasteiger partial charge in [0.2, 0.25) is 0 Å². The number of benzene rings is 1. The first kappa shape index (κ1) is 9.78. The summed E-state index contributed by atoms with van der Waals surface area (Å²) >= 11 is 3.99. The highest BCUT2D eigenvalue weighted by atomic mass is 32.1. The third-order valence-electron chi connectivity index (χ3n) is 1.95. The Morgan fingerprint density at radius 2 is 2.13 bits per heavy atom. The maximum atomic E-state index is 11.0. The SMILES string of the molecule is O=C(O)C1(S)N=NNN1c1ccccc1. The normalized spacial score (nSPS) is 23.9. The van der Waals surface area contributed by atoms with E-state index in [-0.39, 0.29) is 0 Å². The molecule has 1 aliphatic rings. The molecule has 2 N–H and O–H groups in total. The number of aliphatic carboxylic acids is 1. The number of carboxylic acids is 1. The molecule has 2 rings (SSSR count). The summed E-state index contributed by atoms with van der Waals surface area (Å²) in [5.74, 6) is -1.19. The summed E-state index contributed by atoms with van der Waals surface area (Å²) in [5.41, 5.74) is 3.10. The first-order chi connectivity index (χ1) is 7.14. The average molecular weight is 224 g/mol. The minimum atomic E-state index is -1.69. The molecule has 0 bridgehead atoms. The monoisotopic (exact) mass is 224 g/mol. The van der Waals surface area contributed by atoms with Crippen LogP contribution >= 0.6 is 12.6 Å². The van der Waals surface area contributed by atoms with Gasteiger partial charge in [0, 0.05) is 0 Å². The van der Waals surface area contributed by atoms with E-state index < -0.39 is 11.0 Å². The molecule has 78 valence electrons. The van der Waals surface area contributed by atoms with Crippen LogP contribution in [0.2, 0.25) is 0 Å². The molecule has 0 aliphatic carbocycles. The van der Waals surface area contributed by atoms with E-state index in [1.165, 1.54) is 5.01 Å². The molecular formula is C8H8N4O2S. The van der Waals surface area contributed by atoms with Gasteiger partial charge in [-0.05, 0) is 12.1 Å². The van der Waals surface area contributed by atoms with E-state index >= 15 is 0 Å². The van der Waals surface area contributed by atoms with Crippen molar-refractivity contribution in [3.63, 3.8) is 0 Å². The van der Waals surface area contributed by atoms with Crippen molar-refractivity contribution in [1.29, 1.82) is 0 Å². The number of nitrogens with one attached hydrogen (secondary N) is 1. The maximum Gasteiger partial charge on any atom is 0.367 e. The Hall–Kier alpha value is -1.76. The lowest BCUT2D eigenvalue weighted by molar-refractivity contribution is -0.139. The van der Waals surface area contributed by atoms with Crippen LogP contribution in [0.3, 0.4) is 0 Å². The second kappa shape index (κ2) is 3.43. The highest BCUT2D eigenvalue weighted by Crippen LogP contribution is 2.30. The molecule has 15 heavy (non-hydrogen) atoms. The van der Waals surface area contributed by atoms with Gasteiger partial charge in [-0.15, -0.1) is 17.7 Å². The molecule has 0 amide bonds. The summed E-state index contributed by atoms with van der Waals surface area (Å²) in [6.45, 7) is 0. The fraction of sp³-hybridized carbons (Fsp3) is 0.125. The van der Waals surface area contributed by atoms with Crippen molar-refractivity contribution >= 4 is 24.3 Å². The van der Waals surface area contributed by atoms with Crippen molar-refractivity contribution in [3.05, 3.63) is 30.3 Å². The lowest BCUT2D eigenvalue weighted by Crippen LogP contribution is -2.50. The van der Waals surface area contributed by atoms with E-state index in [1.54, 1.807) is 24.3 Å². The van der Waals surface area contributed by atoms with Gasteiger partial charge in [-0.3, -0.25) is 0 Å². The Kier molecular flexibility index (Phi) is 2.24. The average Bonchev–Trinajstić information content (AvgIpc) is 2.63. The van der Waals surface area contributed by atoms with Crippen molar-refractivity contribution in [2.75, 3.05) is 5.01 Å². The number of anilines is 1.